The number of amides is 1. The van der Waals surface area contributed by atoms with Crippen LogP contribution < -0.4 is 10.6 Å². The van der Waals surface area contributed by atoms with E-state index in [9.17, 15) is 4.79 Å². The molecule has 19 heavy (non-hydrogen) atoms. The van der Waals surface area contributed by atoms with Crippen LogP contribution in [0.2, 0.25) is 0 Å². The highest BCUT2D eigenvalue weighted by Crippen LogP contribution is 2.16. The van der Waals surface area contributed by atoms with Crippen molar-refractivity contribution in [1.82, 2.24) is 10.3 Å². The normalized spacial score (nSPS) is 11.9. The van der Waals surface area contributed by atoms with E-state index in [0.29, 0.717) is 17.9 Å². The molecule has 2 aromatic rings. The van der Waals surface area contributed by atoms with Gasteiger partial charge in [0, 0.05) is 12.7 Å². The van der Waals surface area contributed by atoms with Crippen LogP contribution in [0.15, 0.2) is 41.1 Å². The largest absolute Gasteiger partial charge is 0.467 e. The number of furan rings is 1. The molecule has 5 heteroatoms. The fourth-order valence-electron chi connectivity index (χ4n) is 1.78. The van der Waals surface area contributed by atoms with E-state index in [1.807, 2.05) is 19.9 Å². The molecule has 100 valence electrons. The fourth-order valence-corrected chi connectivity index (χ4v) is 1.78. The number of nitrogens with one attached hydrogen (secondary N) is 2. The zero-order chi connectivity index (χ0) is 13.7. The molecule has 2 heterocycles. The molecule has 5 nitrogen and oxygen atoms in total. The van der Waals surface area contributed by atoms with Crippen molar-refractivity contribution in [3.8, 4) is 0 Å². The second kappa shape index (κ2) is 6.04. The van der Waals surface area contributed by atoms with Crippen LogP contribution in [-0.2, 0) is 0 Å². The molecule has 1 atom stereocenters. The molecule has 1 amide bonds. The Bertz CT molecular complexity index is 537. The Morgan fingerprint density at radius 1 is 1.42 bits per heavy atom. The maximum Gasteiger partial charge on any atom is 0.255 e. The van der Waals surface area contributed by atoms with Crippen LogP contribution in [0.25, 0.3) is 0 Å². The molecule has 0 bridgehead atoms. The Hall–Kier alpha value is -2.30. The summed E-state index contributed by atoms with van der Waals surface area (Å²) in [4.78, 5) is 16.4. The van der Waals surface area contributed by atoms with E-state index < -0.39 is 0 Å². The Kier molecular flexibility index (Phi) is 4.18. The zero-order valence-electron chi connectivity index (χ0n) is 11.0. The Balaban J connectivity index is 2.11. The number of hydrogen-bond donors (Lipinski definition) is 2. The van der Waals surface area contributed by atoms with E-state index in [4.69, 9.17) is 4.42 Å². The molecule has 0 saturated heterocycles. The number of carbonyl (C=O) groups is 1. The Morgan fingerprint density at radius 3 is 2.95 bits per heavy atom. The molecule has 0 aromatic carbocycles. The third kappa shape index (κ3) is 3.13. The molecule has 2 N–H and O–H groups in total. The highest BCUT2D eigenvalue weighted by molar-refractivity contribution is 5.98. The van der Waals surface area contributed by atoms with Crippen molar-refractivity contribution in [3.05, 3.63) is 48.0 Å². The third-order valence-electron chi connectivity index (χ3n) is 2.71. The Morgan fingerprint density at radius 2 is 2.26 bits per heavy atom. The molecule has 0 aliphatic carbocycles. The SMILES string of the molecule is CCNc1ncccc1C(=O)NC(C)c1ccco1. The molecule has 0 saturated carbocycles. The van der Waals surface area contributed by atoms with Gasteiger partial charge in [-0.1, -0.05) is 0 Å². The van der Waals surface area contributed by atoms with E-state index in [1.54, 1.807) is 30.7 Å². The van der Waals surface area contributed by atoms with Crippen LogP contribution in [0.5, 0.6) is 0 Å². The summed E-state index contributed by atoms with van der Waals surface area (Å²) in [5.74, 6) is 1.14. The van der Waals surface area contributed by atoms with Gasteiger partial charge in [0.15, 0.2) is 0 Å². The van der Waals surface area contributed by atoms with Crippen LogP contribution in [0, 0.1) is 0 Å². The number of anilines is 1. The van der Waals surface area contributed by atoms with E-state index in [2.05, 4.69) is 15.6 Å². The summed E-state index contributed by atoms with van der Waals surface area (Å²) in [7, 11) is 0. The van der Waals surface area contributed by atoms with Gasteiger partial charge >= 0.3 is 0 Å². The highest BCUT2D eigenvalue weighted by atomic mass is 16.3. The molecular weight excluding hydrogens is 242 g/mol. The summed E-state index contributed by atoms with van der Waals surface area (Å²) in [5.41, 5.74) is 0.530. The van der Waals surface area contributed by atoms with Gasteiger partial charge in [-0.05, 0) is 38.1 Å². The van der Waals surface area contributed by atoms with E-state index in [0.717, 1.165) is 5.76 Å². The average Bonchev–Trinajstić information content (AvgIpc) is 2.93. The van der Waals surface area contributed by atoms with Crippen molar-refractivity contribution in [2.75, 3.05) is 11.9 Å². The highest BCUT2D eigenvalue weighted by Gasteiger charge is 2.16. The topological polar surface area (TPSA) is 67.2 Å². The molecular formula is C14H17N3O2. The summed E-state index contributed by atoms with van der Waals surface area (Å²) in [6, 6.07) is 6.94. The van der Waals surface area contributed by atoms with Crippen molar-refractivity contribution in [3.63, 3.8) is 0 Å². The average molecular weight is 259 g/mol. The van der Waals surface area contributed by atoms with Gasteiger partial charge in [0.25, 0.3) is 5.91 Å². The summed E-state index contributed by atoms with van der Waals surface area (Å²) >= 11 is 0. The summed E-state index contributed by atoms with van der Waals surface area (Å²) < 4.78 is 5.26. The van der Waals surface area contributed by atoms with Gasteiger partial charge in [0.05, 0.1) is 17.9 Å². The van der Waals surface area contributed by atoms with Crippen LogP contribution in [0.4, 0.5) is 5.82 Å². The molecule has 2 rings (SSSR count). The molecule has 0 fully saturated rings. The fraction of sp³-hybridized carbons (Fsp3) is 0.286. The predicted molar refractivity (Wildman–Crippen MR) is 73.0 cm³/mol. The molecule has 2 aromatic heterocycles. The minimum absolute atomic E-state index is 0.173. The van der Waals surface area contributed by atoms with E-state index >= 15 is 0 Å². The number of hydrogen-bond acceptors (Lipinski definition) is 4. The van der Waals surface area contributed by atoms with Gasteiger partial charge in [-0.3, -0.25) is 4.79 Å². The van der Waals surface area contributed by atoms with Crippen molar-refractivity contribution in [2.45, 2.75) is 19.9 Å². The minimum atomic E-state index is -0.183. The Labute approximate surface area is 112 Å². The van der Waals surface area contributed by atoms with Gasteiger partial charge in [-0.25, -0.2) is 4.98 Å². The van der Waals surface area contributed by atoms with Crippen molar-refractivity contribution in [2.24, 2.45) is 0 Å². The molecule has 0 aliphatic heterocycles. The van der Waals surface area contributed by atoms with Crippen molar-refractivity contribution < 1.29 is 9.21 Å². The number of pyridine rings is 1. The summed E-state index contributed by atoms with van der Waals surface area (Å²) in [6.45, 7) is 4.55. The van der Waals surface area contributed by atoms with Gasteiger partial charge in [0.1, 0.15) is 11.6 Å². The maximum absolute atomic E-state index is 12.2. The zero-order valence-corrected chi connectivity index (χ0v) is 11.0. The lowest BCUT2D eigenvalue weighted by Gasteiger charge is -2.13. The summed E-state index contributed by atoms with van der Waals surface area (Å²) in [6.07, 6.45) is 3.25. The van der Waals surface area contributed by atoms with Crippen LogP contribution in [0.1, 0.15) is 36.0 Å². The smallest absolute Gasteiger partial charge is 0.255 e. The monoisotopic (exact) mass is 259 g/mol. The van der Waals surface area contributed by atoms with Gasteiger partial charge < -0.3 is 15.1 Å². The predicted octanol–water partition coefficient (Wildman–Crippen LogP) is 2.60. The minimum Gasteiger partial charge on any atom is -0.467 e. The molecule has 0 aliphatic rings. The first-order valence-electron chi connectivity index (χ1n) is 6.25. The maximum atomic E-state index is 12.2. The lowest BCUT2D eigenvalue weighted by molar-refractivity contribution is 0.0936. The van der Waals surface area contributed by atoms with Crippen molar-refractivity contribution >= 4 is 11.7 Å². The number of rotatable bonds is 5. The van der Waals surface area contributed by atoms with Crippen molar-refractivity contribution in [1.29, 1.82) is 0 Å². The third-order valence-corrected chi connectivity index (χ3v) is 2.71. The lowest BCUT2D eigenvalue weighted by atomic mass is 10.2. The van der Waals surface area contributed by atoms with Gasteiger partial charge in [0.2, 0.25) is 0 Å². The quantitative estimate of drug-likeness (QED) is 0.866. The first-order chi connectivity index (χ1) is 9.22. The second-order valence-electron chi connectivity index (χ2n) is 4.14. The first-order valence-corrected chi connectivity index (χ1v) is 6.25. The van der Waals surface area contributed by atoms with E-state index in [-0.39, 0.29) is 11.9 Å². The van der Waals surface area contributed by atoms with Crippen LogP contribution in [0.3, 0.4) is 0 Å². The van der Waals surface area contributed by atoms with E-state index in [1.165, 1.54) is 0 Å². The van der Waals surface area contributed by atoms with Gasteiger partial charge in [-0.2, -0.15) is 0 Å². The first kappa shape index (κ1) is 13.1. The molecule has 0 radical (unpaired) electrons. The van der Waals surface area contributed by atoms with Crippen LogP contribution in [-0.4, -0.2) is 17.4 Å². The second-order valence-corrected chi connectivity index (χ2v) is 4.14. The number of carbonyl (C=O) groups excluding carboxylic acids is 1. The number of aromatic nitrogens is 1. The van der Waals surface area contributed by atoms with Crippen LogP contribution >= 0.6 is 0 Å². The molecule has 1 unspecified atom stereocenters. The lowest BCUT2D eigenvalue weighted by Crippen LogP contribution is -2.27. The van der Waals surface area contributed by atoms with Gasteiger partial charge in [-0.15, -0.1) is 0 Å². The standard InChI is InChI=1S/C14H17N3O2/c1-3-15-13-11(6-4-8-16-13)14(18)17-10(2)12-7-5-9-19-12/h4-10H,3H2,1-2H3,(H,15,16)(H,17,18). The number of nitrogens with zero attached hydrogens (tertiary/aromatic N) is 1. The molecule has 0 spiro atoms. The summed E-state index contributed by atoms with van der Waals surface area (Å²) in [5, 5.41) is 5.95.